The highest BCUT2D eigenvalue weighted by Crippen LogP contribution is 2.24. The van der Waals surface area contributed by atoms with Crippen LogP contribution in [0, 0.1) is 0 Å². The van der Waals surface area contributed by atoms with E-state index in [1.807, 2.05) is 53.2 Å². The molecule has 1 N–H and O–H groups in total. The van der Waals surface area contributed by atoms with Crippen LogP contribution in [0.25, 0.3) is 16.9 Å². The predicted octanol–water partition coefficient (Wildman–Crippen LogP) is 3.39. The van der Waals surface area contributed by atoms with Gasteiger partial charge in [-0.25, -0.2) is 9.37 Å². The number of alkyl halides is 1. The Bertz CT molecular complexity index is 754. The highest BCUT2D eigenvalue weighted by molar-refractivity contribution is 5.66. The minimum Gasteiger partial charge on any atom is -0.497 e. The molecule has 0 saturated heterocycles. The third-order valence-corrected chi connectivity index (χ3v) is 3.25. The van der Waals surface area contributed by atoms with Crippen LogP contribution in [0.2, 0.25) is 0 Å². The molecular weight excluding hydrogens is 269 g/mol. The maximum atomic E-state index is 12.2. The average Bonchev–Trinajstić information content (AvgIpc) is 2.96. The number of imidazole rings is 1. The van der Waals surface area contributed by atoms with Gasteiger partial charge in [-0.05, 0) is 18.2 Å². The molecule has 0 atom stereocenters. The molecule has 0 unspecified atom stereocenters. The molecule has 4 nitrogen and oxygen atoms in total. The third kappa shape index (κ3) is 2.81. The number of rotatable bonds is 5. The molecule has 3 rings (SSSR count). The lowest BCUT2D eigenvalue weighted by molar-refractivity contribution is 0.415. The molecule has 0 saturated carbocycles. The van der Waals surface area contributed by atoms with Crippen LogP contribution < -0.4 is 10.1 Å². The number of aromatic nitrogens is 2. The average molecular weight is 285 g/mol. The fourth-order valence-corrected chi connectivity index (χ4v) is 2.20. The molecule has 0 aliphatic heterocycles. The number of hydrogen-bond donors (Lipinski definition) is 1. The fourth-order valence-electron chi connectivity index (χ4n) is 2.20. The highest BCUT2D eigenvalue weighted by atomic mass is 19.1. The number of ether oxygens (including phenoxy) is 1. The van der Waals surface area contributed by atoms with E-state index < -0.39 is 6.67 Å². The first-order valence-corrected chi connectivity index (χ1v) is 6.73. The van der Waals surface area contributed by atoms with Crippen molar-refractivity contribution >= 4 is 11.3 Å². The summed E-state index contributed by atoms with van der Waals surface area (Å²) in [4.78, 5) is 4.60. The van der Waals surface area contributed by atoms with Crippen molar-refractivity contribution in [3.05, 3.63) is 48.8 Å². The maximum Gasteiger partial charge on any atom is 0.139 e. The Morgan fingerprint density at radius 1 is 1.29 bits per heavy atom. The molecule has 2 aromatic heterocycles. The van der Waals surface area contributed by atoms with Gasteiger partial charge >= 0.3 is 0 Å². The molecule has 3 aromatic rings. The van der Waals surface area contributed by atoms with Gasteiger partial charge in [-0.3, -0.25) is 0 Å². The monoisotopic (exact) mass is 285 g/mol. The van der Waals surface area contributed by atoms with E-state index in [4.69, 9.17) is 4.74 Å². The molecule has 0 aliphatic carbocycles. The number of nitrogens with one attached hydrogen (secondary N) is 1. The Hall–Kier alpha value is -2.56. The molecule has 2 heterocycles. The largest absolute Gasteiger partial charge is 0.497 e. The van der Waals surface area contributed by atoms with Crippen molar-refractivity contribution in [1.29, 1.82) is 0 Å². The van der Waals surface area contributed by atoms with Crippen LogP contribution in [0.1, 0.15) is 0 Å². The van der Waals surface area contributed by atoms with Crippen molar-refractivity contribution in [1.82, 2.24) is 9.38 Å². The summed E-state index contributed by atoms with van der Waals surface area (Å²) in [5.41, 5.74) is 3.55. The lowest BCUT2D eigenvalue weighted by atomic mass is 10.1. The summed E-state index contributed by atoms with van der Waals surface area (Å²) in [5, 5.41) is 3.01. The summed E-state index contributed by atoms with van der Waals surface area (Å²) in [6, 6.07) is 11.6. The Morgan fingerprint density at radius 2 is 2.19 bits per heavy atom. The van der Waals surface area contributed by atoms with Crippen LogP contribution in [-0.4, -0.2) is 29.7 Å². The second kappa shape index (κ2) is 5.83. The van der Waals surface area contributed by atoms with Gasteiger partial charge in [0.05, 0.1) is 12.8 Å². The lowest BCUT2D eigenvalue weighted by Gasteiger charge is -2.03. The Morgan fingerprint density at radius 3 is 3.00 bits per heavy atom. The molecule has 0 bridgehead atoms. The number of nitrogens with zero attached hydrogens (tertiary/aromatic N) is 2. The smallest absolute Gasteiger partial charge is 0.139 e. The second-order valence-corrected chi connectivity index (χ2v) is 4.65. The minimum absolute atomic E-state index is 0.305. The van der Waals surface area contributed by atoms with Crippen LogP contribution in [0.15, 0.2) is 48.8 Å². The van der Waals surface area contributed by atoms with Gasteiger partial charge in [0.2, 0.25) is 0 Å². The normalized spacial score (nSPS) is 10.8. The first-order chi connectivity index (χ1) is 10.3. The van der Waals surface area contributed by atoms with E-state index in [1.54, 1.807) is 7.11 Å². The minimum atomic E-state index is -0.394. The molecule has 0 spiro atoms. The van der Waals surface area contributed by atoms with Gasteiger partial charge in [-0.2, -0.15) is 0 Å². The number of benzene rings is 1. The second-order valence-electron chi connectivity index (χ2n) is 4.65. The van der Waals surface area contributed by atoms with Gasteiger partial charge in [-0.1, -0.05) is 12.1 Å². The highest BCUT2D eigenvalue weighted by Gasteiger charge is 2.06. The van der Waals surface area contributed by atoms with Crippen LogP contribution in [-0.2, 0) is 0 Å². The van der Waals surface area contributed by atoms with Crippen molar-refractivity contribution in [2.75, 3.05) is 25.6 Å². The van der Waals surface area contributed by atoms with Crippen molar-refractivity contribution < 1.29 is 9.13 Å². The maximum absolute atomic E-state index is 12.2. The van der Waals surface area contributed by atoms with E-state index in [0.717, 1.165) is 28.3 Å². The van der Waals surface area contributed by atoms with E-state index in [0.29, 0.717) is 6.54 Å². The Kier molecular flexibility index (Phi) is 3.73. The van der Waals surface area contributed by atoms with Crippen LogP contribution in [0.5, 0.6) is 5.75 Å². The molecule has 0 amide bonds. The summed E-state index contributed by atoms with van der Waals surface area (Å²) in [7, 11) is 1.64. The van der Waals surface area contributed by atoms with Crippen molar-refractivity contribution in [2.24, 2.45) is 0 Å². The van der Waals surface area contributed by atoms with Gasteiger partial charge in [0.15, 0.2) is 0 Å². The van der Waals surface area contributed by atoms with Crippen LogP contribution in [0.3, 0.4) is 0 Å². The standard InChI is InChI=1S/C16H16FN3O/c1-21-14-4-2-3-12(9-14)15-11-20-8-5-13(18-7-6-17)10-16(20)19-15/h2-5,8-11,18H,6-7H2,1H3. The van der Waals surface area contributed by atoms with Gasteiger partial charge in [0.1, 0.15) is 18.1 Å². The number of fused-ring (bicyclic) bond motifs is 1. The zero-order valence-corrected chi connectivity index (χ0v) is 11.7. The van der Waals surface area contributed by atoms with Gasteiger partial charge in [0, 0.05) is 36.3 Å². The number of pyridine rings is 1. The number of anilines is 1. The number of halogens is 1. The van der Waals surface area contributed by atoms with Gasteiger partial charge in [-0.15, -0.1) is 0 Å². The van der Waals surface area contributed by atoms with Crippen molar-refractivity contribution in [2.45, 2.75) is 0 Å². The summed E-state index contributed by atoms with van der Waals surface area (Å²) in [6.45, 7) is -0.0890. The number of methoxy groups -OCH3 is 1. The molecule has 21 heavy (non-hydrogen) atoms. The van der Waals surface area contributed by atoms with E-state index in [-0.39, 0.29) is 0 Å². The van der Waals surface area contributed by atoms with E-state index in [9.17, 15) is 4.39 Å². The molecular formula is C16H16FN3O. The van der Waals surface area contributed by atoms with Gasteiger partial charge < -0.3 is 14.5 Å². The van der Waals surface area contributed by atoms with E-state index in [1.165, 1.54) is 0 Å². The summed E-state index contributed by atoms with van der Waals surface area (Å²) >= 11 is 0. The lowest BCUT2D eigenvalue weighted by Crippen LogP contribution is -2.02. The molecule has 1 aromatic carbocycles. The Labute approximate surface area is 122 Å². The zero-order valence-electron chi connectivity index (χ0n) is 11.7. The van der Waals surface area contributed by atoms with Gasteiger partial charge in [0.25, 0.3) is 0 Å². The first-order valence-electron chi connectivity index (χ1n) is 6.73. The Balaban J connectivity index is 1.96. The number of hydrogen-bond acceptors (Lipinski definition) is 3. The van der Waals surface area contributed by atoms with E-state index >= 15 is 0 Å². The molecule has 0 radical (unpaired) electrons. The molecule has 108 valence electrons. The molecule has 5 heteroatoms. The quantitative estimate of drug-likeness (QED) is 0.781. The summed E-state index contributed by atoms with van der Waals surface area (Å²) in [5.74, 6) is 0.801. The predicted molar refractivity (Wildman–Crippen MR) is 81.6 cm³/mol. The third-order valence-electron chi connectivity index (χ3n) is 3.25. The summed E-state index contributed by atoms with van der Waals surface area (Å²) < 4.78 is 19.4. The topological polar surface area (TPSA) is 38.6 Å². The summed E-state index contributed by atoms with van der Waals surface area (Å²) in [6.07, 6.45) is 3.87. The van der Waals surface area contributed by atoms with Crippen LogP contribution >= 0.6 is 0 Å². The SMILES string of the molecule is COc1cccc(-c2cn3ccc(NCCF)cc3n2)c1. The van der Waals surface area contributed by atoms with E-state index in [2.05, 4.69) is 10.3 Å². The zero-order chi connectivity index (χ0) is 14.7. The van der Waals surface area contributed by atoms with Crippen LogP contribution in [0.4, 0.5) is 10.1 Å². The molecule has 0 aliphatic rings. The first kappa shape index (κ1) is 13.4. The molecule has 0 fully saturated rings. The fraction of sp³-hybridized carbons (Fsp3) is 0.188. The van der Waals surface area contributed by atoms with Crippen molar-refractivity contribution in [3.63, 3.8) is 0 Å². The van der Waals surface area contributed by atoms with Crippen molar-refractivity contribution in [3.8, 4) is 17.0 Å².